The van der Waals surface area contributed by atoms with E-state index in [2.05, 4.69) is 16.7 Å². The fourth-order valence-electron chi connectivity index (χ4n) is 2.35. The van der Waals surface area contributed by atoms with E-state index >= 15 is 0 Å². The van der Waals surface area contributed by atoms with Crippen LogP contribution in [-0.2, 0) is 11.2 Å². The number of amides is 1. The molecule has 0 saturated carbocycles. The number of rotatable bonds is 8. The van der Waals surface area contributed by atoms with E-state index in [1.54, 1.807) is 38.5 Å². The summed E-state index contributed by atoms with van der Waals surface area (Å²) in [6.07, 6.45) is 0.752. The van der Waals surface area contributed by atoms with E-state index < -0.39 is 0 Å². The SMILES string of the molecule is COc1ccc(CCNCC(=O)Nc2ccccc2C#N)cc1OC. The molecule has 0 unspecified atom stereocenters. The lowest BCUT2D eigenvalue weighted by molar-refractivity contribution is -0.115. The Morgan fingerprint density at radius 2 is 1.88 bits per heavy atom. The minimum absolute atomic E-state index is 0.174. The Morgan fingerprint density at radius 1 is 1.12 bits per heavy atom. The molecule has 25 heavy (non-hydrogen) atoms. The number of carbonyl (C=O) groups is 1. The predicted octanol–water partition coefficient (Wildman–Crippen LogP) is 2.35. The number of benzene rings is 2. The van der Waals surface area contributed by atoms with Gasteiger partial charge in [-0.25, -0.2) is 0 Å². The summed E-state index contributed by atoms with van der Waals surface area (Å²) in [7, 11) is 3.20. The average Bonchev–Trinajstić information content (AvgIpc) is 2.65. The number of carbonyl (C=O) groups excluding carboxylic acids is 1. The van der Waals surface area contributed by atoms with Gasteiger partial charge in [0.2, 0.25) is 5.91 Å². The zero-order chi connectivity index (χ0) is 18.1. The van der Waals surface area contributed by atoms with Gasteiger partial charge in [-0.3, -0.25) is 4.79 Å². The van der Waals surface area contributed by atoms with Gasteiger partial charge in [0, 0.05) is 0 Å². The van der Waals surface area contributed by atoms with Crippen molar-refractivity contribution in [1.82, 2.24) is 5.32 Å². The number of ether oxygens (including phenoxy) is 2. The van der Waals surface area contributed by atoms with Crippen molar-refractivity contribution in [3.63, 3.8) is 0 Å². The Hall–Kier alpha value is -3.04. The Bertz CT molecular complexity index is 769. The van der Waals surface area contributed by atoms with Crippen LogP contribution in [0.5, 0.6) is 11.5 Å². The van der Waals surface area contributed by atoms with Gasteiger partial charge in [-0.2, -0.15) is 5.26 Å². The second-order valence-electron chi connectivity index (χ2n) is 5.32. The number of para-hydroxylation sites is 1. The maximum absolute atomic E-state index is 12.0. The molecule has 0 spiro atoms. The first kappa shape index (κ1) is 18.3. The third-order valence-corrected chi connectivity index (χ3v) is 3.65. The van der Waals surface area contributed by atoms with Crippen molar-refractivity contribution in [2.45, 2.75) is 6.42 Å². The lowest BCUT2D eigenvalue weighted by Crippen LogP contribution is -2.29. The highest BCUT2D eigenvalue weighted by Crippen LogP contribution is 2.27. The van der Waals surface area contributed by atoms with E-state index in [0.29, 0.717) is 29.3 Å². The molecule has 1 amide bonds. The molecule has 0 atom stereocenters. The van der Waals surface area contributed by atoms with E-state index in [-0.39, 0.29) is 12.5 Å². The molecule has 2 N–H and O–H groups in total. The zero-order valence-corrected chi connectivity index (χ0v) is 14.3. The van der Waals surface area contributed by atoms with Crippen molar-refractivity contribution < 1.29 is 14.3 Å². The van der Waals surface area contributed by atoms with Crippen molar-refractivity contribution in [2.75, 3.05) is 32.6 Å². The molecule has 0 fully saturated rings. The Labute approximate surface area is 147 Å². The molecule has 6 nitrogen and oxygen atoms in total. The number of hydrogen-bond donors (Lipinski definition) is 2. The zero-order valence-electron chi connectivity index (χ0n) is 14.3. The largest absolute Gasteiger partial charge is 0.493 e. The Balaban J connectivity index is 1.79. The molecule has 2 aromatic rings. The molecule has 130 valence electrons. The molecule has 2 rings (SSSR count). The second-order valence-corrected chi connectivity index (χ2v) is 5.32. The van der Waals surface area contributed by atoms with Crippen LogP contribution in [0, 0.1) is 11.3 Å². The van der Waals surface area contributed by atoms with Gasteiger partial charge >= 0.3 is 0 Å². The van der Waals surface area contributed by atoms with Gasteiger partial charge in [-0.05, 0) is 42.8 Å². The van der Waals surface area contributed by atoms with Crippen molar-refractivity contribution in [3.8, 4) is 17.6 Å². The standard InChI is InChI=1S/C19H21N3O3/c1-24-17-8-7-14(11-18(17)25-2)9-10-21-13-19(23)22-16-6-4-3-5-15(16)12-20/h3-8,11,21H,9-10,13H2,1-2H3,(H,22,23). The summed E-state index contributed by atoms with van der Waals surface area (Å²) in [5.41, 5.74) is 2.05. The summed E-state index contributed by atoms with van der Waals surface area (Å²) < 4.78 is 10.5. The topological polar surface area (TPSA) is 83.4 Å². The van der Waals surface area contributed by atoms with E-state index in [1.165, 1.54) is 0 Å². The van der Waals surface area contributed by atoms with Crippen LogP contribution in [0.3, 0.4) is 0 Å². The van der Waals surface area contributed by atoms with E-state index in [0.717, 1.165) is 12.0 Å². The van der Waals surface area contributed by atoms with Crippen molar-refractivity contribution in [3.05, 3.63) is 53.6 Å². The van der Waals surface area contributed by atoms with Gasteiger partial charge in [-0.1, -0.05) is 18.2 Å². The first-order chi connectivity index (χ1) is 12.2. The van der Waals surface area contributed by atoms with Crippen LogP contribution in [0.15, 0.2) is 42.5 Å². The van der Waals surface area contributed by atoms with Gasteiger partial charge in [0.05, 0.1) is 32.0 Å². The number of nitrogens with zero attached hydrogens (tertiary/aromatic N) is 1. The molecular formula is C19H21N3O3. The number of nitriles is 1. The van der Waals surface area contributed by atoms with Crippen LogP contribution in [0.25, 0.3) is 0 Å². The molecule has 0 aromatic heterocycles. The first-order valence-electron chi connectivity index (χ1n) is 7.88. The smallest absolute Gasteiger partial charge is 0.238 e. The van der Waals surface area contributed by atoms with Crippen LogP contribution in [0.2, 0.25) is 0 Å². The number of methoxy groups -OCH3 is 2. The molecule has 0 aliphatic carbocycles. The highest BCUT2D eigenvalue weighted by molar-refractivity contribution is 5.93. The highest BCUT2D eigenvalue weighted by atomic mass is 16.5. The number of hydrogen-bond acceptors (Lipinski definition) is 5. The lowest BCUT2D eigenvalue weighted by Gasteiger charge is -2.10. The summed E-state index contributed by atoms with van der Waals surface area (Å²) >= 11 is 0. The van der Waals surface area contributed by atoms with Crippen molar-refractivity contribution in [1.29, 1.82) is 5.26 Å². The molecule has 0 saturated heterocycles. The van der Waals surface area contributed by atoms with E-state index in [4.69, 9.17) is 14.7 Å². The fraction of sp³-hybridized carbons (Fsp3) is 0.263. The normalized spacial score (nSPS) is 9.96. The maximum atomic E-state index is 12.0. The molecule has 2 aromatic carbocycles. The van der Waals surface area contributed by atoms with Crippen LogP contribution in [0.1, 0.15) is 11.1 Å². The third-order valence-electron chi connectivity index (χ3n) is 3.65. The van der Waals surface area contributed by atoms with E-state index in [1.807, 2.05) is 18.2 Å². The number of anilines is 1. The molecule has 0 radical (unpaired) electrons. The highest BCUT2D eigenvalue weighted by Gasteiger charge is 2.07. The van der Waals surface area contributed by atoms with Gasteiger partial charge in [0.1, 0.15) is 6.07 Å². The molecule has 0 aliphatic heterocycles. The van der Waals surface area contributed by atoms with Crippen LogP contribution >= 0.6 is 0 Å². The summed E-state index contributed by atoms with van der Waals surface area (Å²) in [6.45, 7) is 0.815. The first-order valence-corrected chi connectivity index (χ1v) is 7.88. The maximum Gasteiger partial charge on any atom is 0.238 e. The van der Waals surface area contributed by atoms with Gasteiger partial charge in [0.25, 0.3) is 0 Å². The average molecular weight is 339 g/mol. The fourth-order valence-corrected chi connectivity index (χ4v) is 2.35. The predicted molar refractivity (Wildman–Crippen MR) is 95.9 cm³/mol. The monoisotopic (exact) mass is 339 g/mol. The summed E-state index contributed by atoms with van der Waals surface area (Å²) in [4.78, 5) is 12.0. The third kappa shape index (κ3) is 5.23. The summed E-state index contributed by atoms with van der Waals surface area (Å²) in [5.74, 6) is 1.19. The lowest BCUT2D eigenvalue weighted by atomic mass is 10.1. The molecule has 0 bridgehead atoms. The molecule has 0 aliphatic rings. The minimum atomic E-state index is -0.185. The van der Waals surface area contributed by atoms with Crippen LogP contribution < -0.4 is 20.1 Å². The van der Waals surface area contributed by atoms with Crippen molar-refractivity contribution in [2.24, 2.45) is 0 Å². The Morgan fingerprint density at radius 3 is 2.60 bits per heavy atom. The molecular weight excluding hydrogens is 318 g/mol. The Kier molecular flexibility index (Phi) is 6.81. The summed E-state index contributed by atoms with van der Waals surface area (Å²) in [6, 6.07) is 14.7. The number of nitrogens with one attached hydrogen (secondary N) is 2. The second kappa shape index (κ2) is 9.30. The van der Waals surface area contributed by atoms with Gasteiger partial charge < -0.3 is 20.1 Å². The quantitative estimate of drug-likeness (QED) is 0.721. The van der Waals surface area contributed by atoms with Crippen LogP contribution in [-0.4, -0.2) is 33.2 Å². The van der Waals surface area contributed by atoms with E-state index in [9.17, 15) is 4.79 Å². The van der Waals surface area contributed by atoms with Gasteiger partial charge in [-0.15, -0.1) is 0 Å². The van der Waals surface area contributed by atoms with Crippen LogP contribution in [0.4, 0.5) is 5.69 Å². The molecule has 6 heteroatoms. The van der Waals surface area contributed by atoms with Crippen molar-refractivity contribution >= 4 is 11.6 Å². The minimum Gasteiger partial charge on any atom is -0.493 e. The molecule has 0 heterocycles. The summed E-state index contributed by atoms with van der Waals surface area (Å²) in [5, 5.41) is 14.8. The van der Waals surface area contributed by atoms with Gasteiger partial charge in [0.15, 0.2) is 11.5 Å².